The number of aromatic nitrogens is 2. The van der Waals surface area contributed by atoms with E-state index >= 15 is 0 Å². The van der Waals surface area contributed by atoms with Crippen molar-refractivity contribution in [3.63, 3.8) is 0 Å². The normalized spacial score (nSPS) is 13.2. The molecule has 2 aromatic carbocycles. The topological polar surface area (TPSA) is 129 Å². The number of nitrogens with one attached hydrogen (secondary N) is 1. The molecule has 3 aromatic rings. The molecule has 1 heterocycles. The fourth-order valence-electron chi connectivity index (χ4n) is 3.50. The number of aliphatic imine (C=N–C) groups is 1. The molecule has 1 aromatic heterocycles. The highest BCUT2D eigenvalue weighted by atomic mass is 32.2. The number of H-pyrrole nitrogens is 1. The number of aromatic amines is 1. The smallest absolute Gasteiger partial charge is 0.327 e. The van der Waals surface area contributed by atoms with Crippen LogP contribution in [0.2, 0.25) is 0 Å². The molecule has 0 fully saturated rings. The highest BCUT2D eigenvalue weighted by molar-refractivity contribution is 7.90. The number of ether oxygens (including phenoxy) is 2. The van der Waals surface area contributed by atoms with Crippen LogP contribution in [0.3, 0.4) is 0 Å². The molecule has 3 rings (SSSR count). The van der Waals surface area contributed by atoms with Gasteiger partial charge < -0.3 is 20.2 Å². The zero-order valence-corrected chi connectivity index (χ0v) is 18.9. The number of hydrogen-bond donors (Lipinski definition) is 2. The van der Waals surface area contributed by atoms with E-state index in [1.54, 1.807) is 42.5 Å². The molecule has 32 heavy (non-hydrogen) atoms. The van der Waals surface area contributed by atoms with E-state index in [0.29, 0.717) is 40.4 Å². The molecular formula is C22H26N4O5S. The summed E-state index contributed by atoms with van der Waals surface area (Å²) in [6.45, 7) is 2.24. The Balaban J connectivity index is 2.24. The summed E-state index contributed by atoms with van der Waals surface area (Å²) in [6.07, 6.45) is 5.56. The number of imidazole rings is 1. The highest BCUT2D eigenvalue weighted by Crippen LogP contribution is 2.33. The van der Waals surface area contributed by atoms with E-state index in [1.165, 1.54) is 24.1 Å². The third kappa shape index (κ3) is 5.02. The average Bonchev–Trinajstić information content (AvgIpc) is 3.08. The first kappa shape index (κ1) is 23.1. The summed E-state index contributed by atoms with van der Waals surface area (Å²) in [4.78, 5) is 20.2. The lowest BCUT2D eigenvalue weighted by Gasteiger charge is -2.20. The lowest BCUT2D eigenvalue weighted by Crippen LogP contribution is -2.28. The molecule has 0 aliphatic rings. The fraction of sp³-hybridized carbons (Fsp3) is 0.273. The van der Waals surface area contributed by atoms with Gasteiger partial charge in [0.2, 0.25) is 0 Å². The third-order valence-corrected chi connectivity index (χ3v) is 5.71. The molecule has 170 valence electrons. The van der Waals surface area contributed by atoms with Crippen molar-refractivity contribution in [2.24, 2.45) is 10.7 Å². The Morgan fingerprint density at radius 3 is 2.69 bits per heavy atom. The number of nitrogens with zero attached hydrogens (tertiary/aromatic N) is 2. The minimum Gasteiger partial charge on any atom is -0.493 e. The van der Waals surface area contributed by atoms with E-state index in [-0.39, 0.29) is 5.75 Å². The lowest BCUT2D eigenvalue weighted by atomic mass is 10.1. The first-order valence-corrected chi connectivity index (χ1v) is 12.0. The summed E-state index contributed by atoms with van der Waals surface area (Å²) in [5.74, 6) is 0.712. The van der Waals surface area contributed by atoms with Gasteiger partial charge in [-0.15, -0.1) is 0 Å². The van der Waals surface area contributed by atoms with Gasteiger partial charge in [-0.2, -0.15) is 0 Å². The summed E-state index contributed by atoms with van der Waals surface area (Å²) in [5, 5.41) is 0. The van der Waals surface area contributed by atoms with Crippen LogP contribution < -0.4 is 20.9 Å². The molecule has 0 bridgehead atoms. The molecule has 0 saturated carbocycles. The van der Waals surface area contributed by atoms with E-state index < -0.39 is 21.6 Å². The standard InChI is InChI=1S/C22H26N4O5S/c1-4-31-20-13-15(9-10-19(20)30-2)18(14-32(3,28)29)26-17-8-5-7-16(24-12-6-11-23)21(17)25-22(26)27/h5-13,18H,4,14,23H2,1-3H3,(H,25,27)/t18-/m0/s1. The largest absolute Gasteiger partial charge is 0.493 e. The Labute approximate surface area is 186 Å². The number of rotatable bonds is 9. The third-order valence-electron chi connectivity index (χ3n) is 4.79. The minimum atomic E-state index is -3.45. The van der Waals surface area contributed by atoms with Crippen molar-refractivity contribution >= 4 is 32.8 Å². The average molecular weight is 459 g/mol. The van der Waals surface area contributed by atoms with E-state index in [0.717, 1.165) is 6.26 Å². The van der Waals surface area contributed by atoms with Gasteiger partial charge in [0.15, 0.2) is 11.5 Å². The molecule has 0 saturated heterocycles. The molecule has 0 radical (unpaired) electrons. The maximum Gasteiger partial charge on any atom is 0.327 e. The van der Waals surface area contributed by atoms with Crippen LogP contribution in [0.15, 0.2) is 58.5 Å². The van der Waals surface area contributed by atoms with Gasteiger partial charge in [-0.1, -0.05) is 12.1 Å². The van der Waals surface area contributed by atoms with Crippen molar-refractivity contribution in [3.8, 4) is 11.5 Å². The highest BCUT2D eigenvalue weighted by Gasteiger charge is 2.25. The summed E-state index contributed by atoms with van der Waals surface area (Å²) < 4.78 is 37.0. The first-order valence-electron chi connectivity index (χ1n) is 9.91. The van der Waals surface area contributed by atoms with Crippen LogP contribution in [-0.2, 0) is 9.84 Å². The molecule has 0 amide bonds. The second-order valence-corrected chi connectivity index (χ2v) is 9.27. The number of benzene rings is 2. The number of sulfone groups is 1. The van der Waals surface area contributed by atoms with Crippen LogP contribution in [0.25, 0.3) is 11.0 Å². The van der Waals surface area contributed by atoms with E-state index in [9.17, 15) is 13.2 Å². The van der Waals surface area contributed by atoms with E-state index in [1.807, 2.05) is 6.92 Å². The first-order chi connectivity index (χ1) is 15.3. The molecule has 0 unspecified atom stereocenters. The number of allylic oxidation sites excluding steroid dienone is 1. The minimum absolute atomic E-state index is 0.277. The zero-order chi connectivity index (χ0) is 23.3. The molecule has 0 aliphatic heterocycles. The van der Waals surface area contributed by atoms with Crippen LogP contribution in [0.1, 0.15) is 18.5 Å². The molecule has 9 nitrogen and oxygen atoms in total. The van der Waals surface area contributed by atoms with Gasteiger partial charge in [0.25, 0.3) is 0 Å². The summed E-state index contributed by atoms with van der Waals surface area (Å²) in [5.41, 5.74) is 7.05. The monoisotopic (exact) mass is 458 g/mol. The van der Waals surface area contributed by atoms with Crippen LogP contribution in [0.5, 0.6) is 11.5 Å². The second kappa shape index (κ2) is 9.73. The van der Waals surface area contributed by atoms with Crippen LogP contribution in [-0.4, -0.2) is 49.9 Å². The fourth-order valence-corrected chi connectivity index (χ4v) is 4.41. The molecule has 1 atom stereocenters. The van der Waals surface area contributed by atoms with Crippen molar-refractivity contribution in [1.82, 2.24) is 9.55 Å². The quantitative estimate of drug-likeness (QED) is 0.474. The number of fused-ring (bicyclic) bond motifs is 1. The van der Waals surface area contributed by atoms with Crippen molar-refractivity contribution in [1.29, 1.82) is 0 Å². The van der Waals surface area contributed by atoms with Crippen molar-refractivity contribution in [3.05, 3.63) is 64.7 Å². The van der Waals surface area contributed by atoms with Gasteiger partial charge in [-0.3, -0.25) is 9.56 Å². The molecular weight excluding hydrogens is 432 g/mol. The van der Waals surface area contributed by atoms with Gasteiger partial charge in [0.05, 0.1) is 42.2 Å². The molecule has 0 spiro atoms. The van der Waals surface area contributed by atoms with Crippen molar-refractivity contribution < 1.29 is 17.9 Å². The van der Waals surface area contributed by atoms with Gasteiger partial charge in [0, 0.05) is 12.5 Å². The predicted octanol–water partition coefficient (Wildman–Crippen LogP) is 2.55. The van der Waals surface area contributed by atoms with Crippen molar-refractivity contribution in [2.75, 3.05) is 25.7 Å². The Morgan fingerprint density at radius 2 is 2.03 bits per heavy atom. The zero-order valence-electron chi connectivity index (χ0n) is 18.1. The van der Waals surface area contributed by atoms with Crippen LogP contribution in [0, 0.1) is 0 Å². The van der Waals surface area contributed by atoms with Gasteiger partial charge >= 0.3 is 5.69 Å². The maximum absolute atomic E-state index is 13.0. The van der Waals surface area contributed by atoms with Crippen molar-refractivity contribution in [2.45, 2.75) is 13.0 Å². The summed E-state index contributed by atoms with van der Waals surface area (Å²) in [6, 6.07) is 9.59. The Morgan fingerprint density at radius 1 is 1.25 bits per heavy atom. The lowest BCUT2D eigenvalue weighted by molar-refractivity contribution is 0.310. The van der Waals surface area contributed by atoms with Gasteiger partial charge in [-0.05, 0) is 49.0 Å². The number of para-hydroxylation sites is 1. The Hall–Kier alpha value is -3.53. The van der Waals surface area contributed by atoms with E-state index in [4.69, 9.17) is 15.2 Å². The number of methoxy groups -OCH3 is 1. The number of hydrogen-bond acceptors (Lipinski definition) is 7. The van der Waals surface area contributed by atoms with Gasteiger partial charge in [-0.25, -0.2) is 13.2 Å². The Kier molecular flexibility index (Phi) is 7.04. The number of nitrogens with two attached hydrogens (primary N) is 1. The van der Waals surface area contributed by atoms with Crippen LogP contribution >= 0.6 is 0 Å². The SMILES string of the molecule is CCOc1cc([C@H](CS(C)(=O)=O)n2c(=O)[nH]c3c(N=CC=CN)cccc32)ccc1OC. The predicted molar refractivity (Wildman–Crippen MR) is 126 cm³/mol. The molecule has 3 N–H and O–H groups in total. The van der Waals surface area contributed by atoms with Crippen LogP contribution in [0.4, 0.5) is 5.69 Å². The Bertz CT molecular complexity index is 1320. The summed E-state index contributed by atoms with van der Waals surface area (Å²) in [7, 11) is -1.92. The van der Waals surface area contributed by atoms with Gasteiger partial charge in [0.1, 0.15) is 9.84 Å². The molecule has 10 heteroatoms. The molecule has 0 aliphatic carbocycles. The second-order valence-electron chi connectivity index (χ2n) is 7.09. The maximum atomic E-state index is 13.0. The summed E-state index contributed by atoms with van der Waals surface area (Å²) >= 11 is 0. The van der Waals surface area contributed by atoms with E-state index in [2.05, 4.69) is 9.98 Å².